The lowest BCUT2D eigenvalue weighted by atomic mass is 10.3. The standard InChI is InChI=1S/C17H24N6O.C2HF3O2/c1-24-17-10-16(19-13-20-17)22-7-4-15-18-11-14(23(15)9-8-22)12-21-5-2-3-6-21;3-2(4,5)1(6)7/h10-11,13H,2-9,12H2,1H3;(H,6,7). The van der Waals surface area contributed by atoms with Crippen LogP contribution >= 0.6 is 0 Å². The van der Waals surface area contributed by atoms with E-state index >= 15 is 0 Å². The zero-order valence-corrected chi connectivity index (χ0v) is 17.2. The number of aromatic nitrogens is 4. The summed E-state index contributed by atoms with van der Waals surface area (Å²) in [6.45, 7) is 6.25. The maximum absolute atomic E-state index is 10.6. The fraction of sp³-hybridized carbons (Fsp3) is 0.579. The topological polar surface area (TPSA) is 96.6 Å². The highest BCUT2D eigenvalue weighted by Crippen LogP contribution is 2.20. The Morgan fingerprint density at radius 2 is 1.84 bits per heavy atom. The number of carbonyl (C=O) groups is 1. The number of hydrogen-bond acceptors (Lipinski definition) is 7. The molecule has 2 aromatic heterocycles. The maximum atomic E-state index is 10.6. The lowest BCUT2D eigenvalue weighted by Crippen LogP contribution is -2.28. The van der Waals surface area contributed by atoms with Crippen molar-refractivity contribution < 1.29 is 27.8 Å². The molecule has 4 rings (SSSR count). The molecule has 4 heterocycles. The van der Waals surface area contributed by atoms with Gasteiger partial charge in [-0.25, -0.2) is 19.7 Å². The van der Waals surface area contributed by atoms with Gasteiger partial charge in [-0.2, -0.15) is 13.2 Å². The smallest absolute Gasteiger partial charge is 0.481 e. The summed E-state index contributed by atoms with van der Waals surface area (Å²) in [5.74, 6) is -0.0365. The maximum Gasteiger partial charge on any atom is 0.490 e. The van der Waals surface area contributed by atoms with E-state index in [0.717, 1.165) is 38.4 Å². The normalized spacial score (nSPS) is 16.8. The van der Waals surface area contributed by atoms with Gasteiger partial charge in [0.2, 0.25) is 5.88 Å². The van der Waals surface area contributed by atoms with Crippen LogP contribution < -0.4 is 9.64 Å². The van der Waals surface area contributed by atoms with E-state index in [-0.39, 0.29) is 0 Å². The highest BCUT2D eigenvalue weighted by Gasteiger charge is 2.38. The molecule has 2 aliphatic rings. The van der Waals surface area contributed by atoms with Crippen molar-refractivity contribution in [2.45, 2.75) is 38.5 Å². The van der Waals surface area contributed by atoms with E-state index in [4.69, 9.17) is 14.6 Å². The number of carboxylic acid groups (broad SMARTS) is 1. The first-order valence-electron chi connectivity index (χ1n) is 9.94. The molecule has 0 radical (unpaired) electrons. The molecular weight excluding hydrogens is 417 g/mol. The SMILES string of the molecule is COc1cc(N2CCc3ncc(CN4CCCC4)n3CC2)ncn1.O=C(O)C(F)(F)F. The number of hydrogen-bond donors (Lipinski definition) is 1. The van der Waals surface area contributed by atoms with Crippen molar-refractivity contribution in [3.05, 3.63) is 30.1 Å². The predicted octanol–water partition coefficient (Wildman–Crippen LogP) is 1.97. The summed E-state index contributed by atoms with van der Waals surface area (Å²) in [6, 6.07) is 1.90. The second-order valence-electron chi connectivity index (χ2n) is 7.26. The number of halogens is 3. The Kier molecular flexibility index (Phi) is 7.31. The van der Waals surface area contributed by atoms with E-state index in [1.165, 1.54) is 37.4 Å². The van der Waals surface area contributed by atoms with E-state index in [9.17, 15) is 13.2 Å². The Morgan fingerprint density at radius 1 is 1.13 bits per heavy atom. The van der Waals surface area contributed by atoms with E-state index < -0.39 is 12.1 Å². The number of imidazole rings is 1. The van der Waals surface area contributed by atoms with Crippen LogP contribution in [0.15, 0.2) is 18.6 Å². The molecule has 1 N–H and O–H groups in total. The summed E-state index contributed by atoms with van der Waals surface area (Å²) < 4.78 is 39.4. The second kappa shape index (κ2) is 9.94. The van der Waals surface area contributed by atoms with Gasteiger partial charge in [0.25, 0.3) is 0 Å². The zero-order chi connectivity index (χ0) is 22.4. The molecule has 12 heteroatoms. The van der Waals surface area contributed by atoms with Crippen LogP contribution in [0.5, 0.6) is 5.88 Å². The van der Waals surface area contributed by atoms with Gasteiger partial charge in [-0.1, -0.05) is 0 Å². The number of alkyl halides is 3. The molecule has 0 unspecified atom stereocenters. The number of fused-ring (bicyclic) bond motifs is 1. The monoisotopic (exact) mass is 442 g/mol. The van der Waals surface area contributed by atoms with Gasteiger partial charge in [-0.05, 0) is 25.9 Å². The largest absolute Gasteiger partial charge is 0.490 e. The molecule has 9 nitrogen and oxygen atoms in total. The summed E-state index contributed by atoms with van der Waals surface area (Å²) >= 11 is 0. The highest BCUT2D eigenvalue weighted by atomic mass is 19.4. The molecule has 2 aliphatic heterocycles. The molecule has 0 spiro atoms. The van der Waals surface area contributed by atoms with E-state index in [2.05, 4.69) is 35.5 Å². The summed E-state index contributed by atoms with van der Waals surface area (Å²) in [5.41, 5.74) is 1.34. The van der Waals surface area contributed by atoms with E-state index in [0.29, 0.717) is 5.88 Å². The summed E-state index contributed by atoms with van der Waals surface area (Å²) in [5, 5.41) is 7.12. The highest BCUT2D eigenvalue weighted by molar-refractivity contribution is 5.73. The molecule has 0 amide bonds. The third-order valence-corrected chi connectivity index (χ3v) is 5.21. The number of rotatable bonds is 4. The van der Waals surface area contributed by atoms with Crippen LogP contribution in [0.25, 0.3) is 0 Å². The first kappa shape index (κ1) is 22.8. The molecule has 2 aromatic rings. The second-order valence-corrected chi connectivity index (χ2v) is 7.26. The van der Waals surface area contributed by atoms with Gasteiger partial charge >= 0.3 is 12.1 Å². The predicted molar refractivity (Wildman–Crippen MR) is 105 cm³/mol. The fourth-order valence-electron chi connectivity index (χ4n) is 3.63. The molecular formula is C19H25F3N6O3. The third-order valence-electron chi connectivity index (χ3n) is 5.21. The van der Waals surface area contributed by atoms with Crippen molar-refractivity contribution in [3.8, 4) is 5.88 Å². The average Bonchev–Trinajstić information content (AvgIpc) is 3.33. The number of methoxy groups -OCH3 is 1. The molecule has 170 valence electrons. The van der Waals surface area contributed by atoms with Crippen molar-refractivity contribution in [1.82, 2.24) is 24.4 Å². The van der Waals surface area contributed by atoms with Crippen LogP contribution in [0, 0.1) is 0 Å². The van der Waals surface area contributed by atoms with Crippen molar-refractivity contribution in [2.75, 3.05) is 38.2 Å². The van der Waals surface area contributed by atoms with Crippen LogP contribution in [0.1, 0.15) is 24.4 Å². The Balaban J connectivity index is 0.000000339. The minimum Gasteiger partial charge on any atom is -0.481 e. The average molecular weight is 442 g/mol. The van der Waals surface area contributed by atoms with Crippen LogP contribution in [-0.4, -0.2) is 75.0 Å². The van der Waals surface area contributed by atoms with Crippen molar-refractivity contribution in [2.24, 2.45) is 0 Å². The van der Waals surface area contributed by atoms with Gasteiger partial charge in [0.05, 0.1) is 12.8 Å². The Bertz CT molecular complexity index is 883. The number of aliphatic carboxylic acids is 1. The lowest BCUT2D eigenvalue weighted by molar-refractivity contribution is -0.192. The Labute approximate surface area is 177 Å². The van der Waals surface area contributed by atoms with E-state index in [1.807, 2.05) is 6.07 Å². The molecule has 1 saturated heterocycles. The van der Waals surface area contributed by atoms with Crippen LogP contribution in [0.4, 0.5) is 19.0 Å². The quantitative estimate of drug-likeness (QED) is 0.768. The molecule has 0 saturated carbocycles. The van der Waals surface area contributed by atoms with Gasteiger partial charge in [-0.15, -0.1) is 0 Å². The van der Waals surface area contributed by atoms with E-state index in [1.54, 1.807) is 13.4 Å². The number of nitrogens with zero attached hydrogens (tertiary/aromatic N) is 6. The zero-order valence-electron chi connectivity index (χ0n) is 17.2. The van der Waals surface area contributed by atoms with Gasteiger partial charge in [0.15, 0.2) is 0 Å². The number of carboxylic acids is 1. The minimum absolute atomic E-state index is 0.608. The van der Waals surface area contributed by atoms with Crippen LogP contribution in [0.3, 0.4) is 0 Å². The number of anilines is 1. The fourth-order valence-corrected chi connectivity index (χ4v) is 3.63. The Hall–Kier alpha value is -2.89. The molecule has 0 aromatic carbocycles. The van der Waals surface area contributed by atoms with Gasteiger partial charge < -0.3 is 19.3 Å². The van der Waals surface area contributed by atoms with Crippen LogP contribution in [0.2, 0.25) is 0 Å². The summed E-state index contributed by atoms with van der Waals surface area (Å²) in [4.78, 5) is 26.9. The first-order valence-corrected chi connectivity index (χ1v) is 9.94. The van der Waals surface area contributed by atoms with Crippen molar-refractivity contribution in [3.63, 3.8) is 0 Å². The summed E-state index contributed by atoms with van der Waals surface area (Å²) in [6.07, 6.45) is 2.13. The Morgan fingerprint density at radius 3 is 2.48 bits per heavy atom. The van der Waals surface area contributed by atoms with Gasteiger partial charge in [0, 0.05) is 44.9 Å². The van der Waals surface area contributed by atoms with Gasteiger partial charge in [0.1, 0.15) is 18.0 Å². The van der Waals surface area contributed by atoms with Crippen molar-refractivity contribution >= 4 is 11.8 Å². The molecule has 0 atom stereocenters. The van der Waals surface area contributed by atoms with Crippen LogP contribution in [-0.2, 0) is 24.3 Å². The summed E-state index contributed by atoms with van der Waals surface area (Å²) in [7, 11) is 1.63. The first-order chi connectivity index (χ1) is 14.8. The van der Waals surface area contributed by atoms with Gasteiger partial charge in [-0.3, -0.25) is 4.90 Å². The number of likely N-dealkylation sites (tertiary alicyclic amines) is 1. The van der Waals surface area contributed by atoms with Crippen molar-refractivity contribution in [1.29, 1.82) is 0 Å². The molecule has 0 bridgehead atoms. The molecule has 1 fully saturated rings. The molecule has 31 heavy (non-hydrogen) atoms. The third kappa shape index (κ3) is 6.06. The number of ether oxygens (including phenoxy) is 1. The lowest BCUT2D eigenvalue weighted by Gasteiger charge is -2.21. The molecule has 0 aliphatic carbocycles. The minimum atomic E-state index is -5.08.